The van der Waals surface area contributed by atoms with E-state index in [1.807, 2.05) is 17.5 Å². The maximum Gasteiger partial charge on any atom is 0.306 e. The summed E-state index contributed by atoms with van der Waals surface area (Å²) in [6, 6.07) is 8.51. The fraction of sp³-hybridized carbons (Fsp3) is 0.333. The third-order valence-corrected chi connectivity index (χ3v) is 6.27. The molecule has 0 bridgehead atoms. The van der Waals surface area contributed by atoms with Crippen molar-refractivity contribution in [1.29, 1.82) is 0 Å². The quantitative estimate of drug-likeness (QED) is 0.619. The molecule has 0 aliphatic rings. The van der Waals surface area contributed by atoms with E-state index in [9.17, 15) is 18.0 Å². The topological polar surface area (TPSA) is 102 Å². The number of hydrogen-bond donors (Lipinski definition) is 2. The molecule has 0 atom stereocenters. The maximum atomic E-state index is 12.0. The van der Waals surface area contributed by atoms with Gasteiger partial charge < -0.3 is 10.1 Å². The van der Waals surface area contributed by atoms with E-state index in [-0.39, 0.29) is 11.3 Å². The largest absolute Gasteiger partial charge is 0.456 e. The third kappa shape index (κ3) is 6.46. The molecule has 1 amide bonds. The number of amides is 1. The summed E-state index contributed by atoms with van der Waals surface area (Å²) in [5, 5.41) is 4.52. The summed E-state index contributed by atoms with van der Waals surface area (Å²) in [6.07, 6.45) is 1.69. The van der Waals surface area contributed by atoms with Gasteiger partial charge in [0.2, 0.25) is 10.0 Å². The minimum atomic E-state index is -3.63. The molecule has 0 saturated heterocycles. The summed E-state index contributed by atoms with van der Waals surface area (Å²) < 4.78 is 31.1. The van der Waals surface area contributed by atoms with Crippen LogP contribution in [0.3, 0.4) is 0 Å². The second-order valence-electron chi connectivity index (χ2n) is 5.83. The first kappa shape index (κ1) is 21.1. The number of nitrogens with one attached hydrogen (secondary N) is 2. The molecular formula is C18H22N2O5S2. The van der Waals surface area contributed by atoms with E-state index in [1.165, 1.54) is 18.0 Å². The maximum absolute atomic E-state index is 12.0. The highest BCUT2D eigenvalue weighted by Crippen LogP contribution is 2.20. The number of rotatable bonds is 9. The Bertz CT molecular complexity index is 892. The second kappa shape index (κ2) is 9.63. The molecule has 9 heteroatoms. The SMILES string of the molecule is CNS(=O)(=O)c1cc(NC(=O)COC(=O)CCCc2cccs2)ccc1C. The lowest BCUT2D eigenvalue weighted by molar-refractivity contribution is -0.147. The van der Waals surface area contributed by atoms with Crippen LogP contribution < -0.4 is 10.0 Å². The Morgan fingerprint density at radius 1 is 1.22 bits per heavy atom. The van der Waals surface area contributed by atoms with Gasteiger partial charge in [-0.3, -0.25) is 9.59 Å². The highest BCUT2D eigenvalue weighted by molar-refractivity contribution is 7.89. The van der Waals surface area contributed by atoms with E-state index in [4.69, 9.17) is 4.74 Å². The van der Waals surface area contributed by atoms with Crippen LogP contribution in [0.5, 0.6) is 0 Å². The first-order valence-electron chi connectivity index (χ1n) is 8.34. The molecule has 0 unspecified atom stereocenters. The van der Waals surface area contributed by atoms with Gasteiger partial charge in [0.15, 0.2) is 6.61 Å². The summed E-state index contributed by atoms with van der Waals surface area (Å²) in [4.78, 5) is 24.9. The van der Waals surface area contributed by atoms with Crippen molar-refractivity contribution < 1.29 is 22.7 Å². The standard InChI is InChI=1S/C18H22N2O5S2/c1-13-8-9-14(11-16(13)27(23,24)19-2)20-17(21)12-25-18(22)7-3-5-15-6-4-10-26-15/h4,6,8-11,19H,3,5,7,12H2,1-2H3,(H,20,21). The van der Waals surface area contributed by atoms with Crippen LogP contribution in [0.2, 0.25) is 0 Å². The van der Waals surface area contributed by atoms with Crippen molar-refractivity contribution in [3.63, 3.8) is 0 Å². The molecule has 146 valence electrons. The fourth-order valence-electron chi connectivity index (χ4n) is 2.35. The van der Waals surface area contributed by atoms with Gasteiger partial charge in [0.1, 0.15) is 0 Å². The van der Waals surface area contributed by atoms with E-state index in [0.717, 1.165) is 6.42 Å². The lowest BCUT2D eigenvalue weighted by atomic mass is 10.2. The van der Waals surface area contributed by atoms with Crippen LogP contribution in [-0.4, -0.2) is 33.9 Å². The van der Waals surface area contributed by atoms with Crippen LogP contribution in [-0.2, 0) is 30.8 Å². The van der Waals surface area contributed by atoms with Crippen LogP contribution >= 0.6 is 11.3 Å². The van der Waals surface area contributed by atoms with E-state index in [0.29, 0.717) is 17.7 Å². The number of benzene rings is 1. The zero-order valence-corrected chi connectivity index (χ0v) is 16.8. The Morgan fingerprint density at radius 2 is 2.00 bits per heavy atom. The number of carbonyl (C=O) groups is 2. The van der Waals surface area contributed by atoms with Crippen molar-refractivity contribution in [2.45, 2.75) is 31.1 Å². The average Bonchev–Trinajstić information content (AvgIpc) is 3.15. The summed E-state index contributed by atoms with van der Waals surface area (Å²) in [5.74, 6) is -0.970. The van der Waals surface area contributed by atoms with Crippen molar-refractivity contribution in [3.8, 4) is 0 Å². The smallest absolute Gasteiger partial charge is 0.306 e. The monoisotopic (exact) mass is 410 g/mol. The molecule has 1 heterocycles. The van der Waals surface area contributed by atoms with Gasteiger partial charge >= 0.3 is 5.97 Å². The molecule has 27 heavy (non-hydrogen) atoms. The lowest BCUT2D eigenvalue weighted by Gasteiger charge is -2.10. The number of ether oxygens (including phenoxy) is 1. The number of anilines is 1. The summed E-state index contributed by atoms with van der Waals surface area (Å²) in [7, 11) is -2.31. The van der Waals surface area contributed by atoms with Gasteiger partial charge in [-0.15, -0.1) is 11.3 Å². The summed E-state index contributed by atoms with van der Waals surface area (Å²) in [5.41, 5.74) is 0.868. The van der Waals surface area contributed by atoms with Gasteiger partial charge in [-0.05, 0) is 56.0 Å². The fourth-order valence-corrected chi connectivity index (χ4v) is 4.10. The molecule has 1 aromatic carbocycles. The van der Waals surface area contributed by atoms with Crippen LogP contribution in [0, 0.1) is 6.92 Å². The molecule has 0 saturated carbocycles. The number of carbonyl (C=O) groups excluding carboxylic acids is 2. The molecule has 2 rings (SSSR count). The molecule has 0 aliphatic carbocycles. The predicted octanol–water partition coefficient (Wildman–Crippen LogP) is 2.47. The van der Waals surface area contributed by atoms with Gasteiger partial charge in [0, 0.05) is 17.0 Å². The number of aryl methyl sites for hydroxylation is 2. The van der Waals surface area contributed by atoms with E-state index in [2.05, 4.69) is 10.0 Å². The lowest BCUT2D eigenvalue weighted by Crippen LogP contribution is -2.22. The minimum Gasteiger partial charge on any atom is -0.456 e. The highest BCUT2D eigenvalue weighted by Gasteiger charge is 2.16. The molecular weight excluding hydrogens is 388 g/mol. The Hall–Kier alpha value is -2.23. The van der Waals surface area contributed by atoms with E-state index >= 15 is 0 Å². The van der Waals surface area contributed by atoms with Gasteiger partial charge in [0.05, 0.1) is 4.90 Å². The Labute approximate surface area is 162 Å². The van der Waals surface area contributed by atoms with E-state index in [1.54, 1.807) is 30.4 Å². The highest BCUT2D eigenvalue weighted by atomic mass is 32.2. The number of hydrogen-bond acceptors (Lipinski definition) is 6. The van der Waals surface area contributed by atoms with Gasteiger partial charge in [-0.2, -0.15) is 0 Å². The summed E-state index contributed by atoms with van der Waals surface area (Å²) >= 11 is 1.64. The normalized spacial score (nSPS) is 11.2. The number of thiophene rings is 1. The molecule has 0 radical (unpaired) electrons. The molecule has 0 spiro atoms. The van der Waals surface area contributed by atoms with Crippen molar-refractivity contribution in [1.82, 2.24) is 4.72 Å². The zero-order chi connectivity index (χ0) is 19.9. The summed E-state index contributed by atoms with van der Waals surface area (Å²) in [6.45, 7) is 1.24. The van der Waals surface area contributed by atoms with Crippen LogP contribution in [0.25, 0.3) is 0 Å². The number of sulfonamides is 1. The van der Waals surface area contributed by atoms with Gasteiger partial charge in [0.25, 0.3) is 5.91 Å². The van der Waals surface area contributed by atoms with Crippen molar-refractivity contribution in [3.05, 3.63) is 46.2 Å². The van der Waals surface area contributed by atoms with Gasteiger partial charge in [-0.1, -0.05) is 12.1 Å². The van der Waals surface area contributed by atoms with Crippen molar-refractivity contribution in [2.75, 3.05) is 19.0 Å². The van der Waals surface area contributed by atoms with E-state index < -0.39 is 28.5 Å². The molecule has 0 fully saturated rings. The molecule has 0 aliphatic heterocycles. The van der Waals surface area contributed by atoms with Crippen LogP contribution in [0.15, 0.2) is 40.6 Å². The molecule has 1 aromatic heterocycles. The Balaban J connectivity index is 1.81. The predicted molar refractivity (Wildman–Crippen MR) is 104 cm³/mol. The van der Waals surface area contributed by atoms with Crippen molar-refractivity contribution in [2.24, 2.45) is 0 Å². The first-order chi connectivity index (χ1) is 12.8. The first-order valence-corrected chi connectivity index (χ1v) is 10.7. The molecule has 2 aromatic rings. The van der Waals surface area contributed by atoms with Crippen LogP contribution in [0.1, 0.15) is 23.3 Å². The molecule has 2 N–H and O–H groups in total. The van der Waals surface area contributed by atoms with Crippen LogP contribution in [0.4, 0.5) is 5.69 Å². The Kier molecular flexibility index (Phi) is 7.52. The van der Waals surface area contributed by atoms with Crippen molar-refractivity contribution >= 4 is 38.9 Å². The van der Waals surface area contributed by atoms with Gasteiger partial charge in [-0.25, -0.2) is 13.1 Å². The Morgan fingerprint density at radius 3 is 2.67 bits per heavy atom. The second-order valence-corrected chi connectivity index (χ2v) is 8.72. The number of esters is 1. The zero-order valence-electron chi connectivity index (χ0n) is 15.2. The molecule has 7 nitrogen and oxygen atoms in total. The third-order valence-electron chi connectivity index (χ3n) is 3.78. The average molecular weight is 411 g/mol. The minimum absolute atomic E-state index is 0.0772.